The summed E-state index contributed by atoms with van der Waals surface area (Å²) in [6, 6.07) is 0. The highest BCUT2D eigenvalue weighted by atomic mass is 127. The summed E-state index contributed by atoms with van der Waals surface area (Å²) in [7, 11) is 0. The zero-order chi connectivity index (χ0) is 18.1. The molecule has 7 heteroatoms. The molecule has 2 atom stereocenters. The number of hydrogen-bond acceptors (Lipinski definition) is 4. The quantitative estimate of drug-likeness (QED) is 0.307. The van der Waals surface area contributed by atoms with Crippen LogP contribution < -0.4 is 10.6 Å². The van der Waals surface area contributed by atoms with E-state index in [1.807, 2.05) is 0 Å². The van der Waals surface area contributed by atoms with E-state index in [2.05, 4.69) is 59.9 Å². The van der Waals surface area contributed by atoms with Gasteiger partial charge in [0.2, 0.25) is 0 Å². The van der Waals surface area contributed by atoms with Crippen molar-refractivity contribution in [1.82, 2.24) is 20.4 Å². The summed E-state index contributed by atoms with van der Waals surface area (Å²) in [5.74, 6) is 2.91. The molecule has 26 heavy (non-hydrogen) atoms. The molecule has 2 rings (SSSR count). The maximum absolute atomic E-state index is 4.86. The number of hydrogen-bond donors (Lipinski definition) is 2. The minimum absolute atomic E-state index is 0. The Balaban J connectivity index is 0.00000338. The fraction of sp³-hybridized carbons (Fsp3) is 0.947. The van der Waals surface area contributed by atoms with Crippen molar-refractivity contribution >= 4 is 41.7 Å². The van der Waals surface area contributed by atoms with Crippen LogP contribution in [-0.2, 0) is 0 Å². The predicted molar refractivity (Wildman–Crippen MR) is 127 cm³/mol. The molecule has 0 saturated carbocycles. The highest BCUT2D eigenvalue weighted by Crippen LogP contribution is 2.37. The molecule has 0 bridgehead atoms. The molecule has 5 nitrogen and oxygen atoms in total. The third-order valence-corrected chi connectivity index (χ3v) is 6.84. The molecule has 0 radical (unpaired) electrons. The Morgan fingerprint density at radius 1 is 1.15 bits per heavy atom. The predicted octanol–water partition coefficient (Wildman–Crippen LogP) is 2.72. The van der Waals surface area contributed by atoms with Crippen molar-refractivity contribution in [3.63, 3.8) is 0 Å². The number of rotatable bonds is 8. The number of halogens is 1. The Bertz CT molecular complexity index is 407. The van der Waals surface area contributed by atoms with Gasteiger partial charge in [-0.3, -0.25) is 4.99 Å². The number of nitrogens with one attached hydrogen (secondary N) is 2. The fourth-order valence-electron chi connectivity index (χ4n) is 3.61. The Morgan fingerprint density at radius 3 is 2.42 bits per heavy atom. The van der Waals surface area contributed by atoms with E-state index in [4.69, 9.17) is 4.99 Å². The van der Waals surface area contributed by atoms with E-state index in [9.17, 15) is 0 Å². The first kappa shape index (κ1) is 24.3. The number of thioether (sulfide) groups is 1. The van der Waals surface area contributed by atoms with Crippen molar-refractivity contribution in [3.05, 3.63) is 0 Å². The topological polar surface area (TPSA) is 42.9 Å². The monoisotopic (exact) mass is 497 g/mol. The molecule has 154 valence electrons. The van der Waals surface area contributed by atoms with Crippen LogP contribution in [0.4, 0.5) is 0 Å². The zero-order valence-electron chi connectivity index (χ0n) is 17.2. The van der Waals surface area contributed by atoms with Gasteiger partial charge in [-0.25, -0.2) is 0 Å². The van der Waals surface area contributed by atoms with Crippen molar-refractivity contribution in [2.75, 3.05) is 64.7 Å². The van der Waals surface area contributed by atoms with Gasteiger partial charge in [0.15, 0.2) is 5.96 Å². The third-order valence-electron chi connectivity index (χ3n) is 5.32. The first-order valence-corrected chi connectivity index (χ1v) is 11.1. The minimum Gasteiger partial charge on any atom is -0.357 e. The summed E-state index contributed by atoms with van der Waals surface area (Å²) in [5, 5.41) is 6.97. The lowest BCUT2D eigenvalue weighted by Crippen LogP contribution is -2.48. The van der Waals surface area contributed by atoms with Gasteiger partial charge in [0, 0.05) is 50.6 Å². The van der Waals surface area contributed by atoms with Crippen molar-refractivity contribution in [2.24, 2.45) is 10.9 Å². The van der Waals surface area contributed by atoms with Gasteiger partial charge in [-0.15, -0.1) is 24.0 Å². The Labute approximate surface area is 182 Å². The zero-order valence-corrected chi connectivity index (χ0v) is 20.4. The van der Waals surface area contributed by atoms with Gasteiger partial charge >= 0.3 is 0 Å². The second kappa shape index (κ2) is 12.7. The van der Waals surface area contributed by atoms with E-state index in [-0.39, 0.29) is 24.0 Å². The molecule has 2 N–H and O–H groups in total. The second-order valence-electron chi connectivity index (χ2n) is 7.82. The van der Waals surface area contributed by atoms with E-state index in [0.29, 0.717) is 10.7 Å². The summed E-state index contributed by atoms with van der Waals surface area (Å²) in [6.07, 6.45) is 2.63. The number of guanidine groups is 1. The van der Waals surface area contributed by atoms with Crippen LogP contribution in [0.3, 0.4) is 0 Å². The molecule has 0 aliphatic carbocycles. The molecule has 0 amide bonds. The first-order valence-electron chi connectivity index (χ1n) is 10.2. The number of piperazine rings is 1. The van der Waals surface area contributed by atoms with Crippen LogP contribution in [0.5, 0.6) is 0 Å². The highest BCUT2D eigenvalue weighted by molar-refractivity contribution is 14.0. The third kappa shape index (κ3) is 8.52. The van der Waals surface area contributed by atoms with Gasteiger partial charge in [0.1, 0.15) is 0 Å². The lowest BCUT2D eigenvalue weighted by Gasteiger charge is -2.35. The van der Waals surface area contributed by atoms with E-state index >= 15 is 0 Å². The van der Waals surface area contributed by atoms with Gasteiger partial charge in [0.05, 0.1) is 6.54 Å². The molecular formula is C19H40IN5S. The van der Waals surface area contributed by atoms with Gasteiger partial charge in [-0.05, 0) is 44.9 Å². The smallest absolute Gasteiger partial charge is 0.191 e. The Hall–Kier alpha value is 0.270. The van der Waals surface area contributed by atoms with Crippen LogP contribution in [0.15, 0.2) is 4.99 Å². The standard InChI is InChI=1S/C19H39N5S.HI/c1-5-20-18(22-16-19(4)8-7-13-25-19)21-14-17(3)15-24-11-9-23(6-2)10-12-24;/h17H,5-16H2,1-4H3,(H2,20,21,22);1H. The molecular weight excluding hydrogens is 457 g/mol. The van der Waals surface area contributed by atoms with E-state index in [1.165, 1.54) is 57.9 Å². The minimum atomic E-state index is 0. The fourth-order valence-corrected chi connectivity index (χ4v) is 4.84. The van der Waals surface area contributed by atoms with Crippen LogP contribution in [0, 0.1) is 5.92 Å². The highest BCUT2D eigenvalue weighted by Gasteiger charge is 2.29. The van der Waals surface area contributed by atoms with Crippen LogP contribution in [0.2, 0.25) is 0 Å². The van der Waals surface area contributed by atoms with Gasteiger partial charge < -0.3 is 20.4 Å². The molecule has 2 fully saturated rings. The first-order chi connectivity index (χ1) is 12.0. The van der Waals surface area contributed by atoms with Crippen LogP contribution in [-0.4, -0.2) is 85.2 Å². The molecule has 2 heterocycles. The number of likely N-dealkylation sites (N-methyl/N-ethyl adjacent to an activating group) is 1. The average molecular weight is 498 g/mol. The van der Waals surface area contributed by atoms with Crippen molar-refractivity contribution < 1.29 is 0 Å². The van der Waals surface area contributed by atoms with Crippen molar-refractivity contribution in [3.8, 4) is 0 Å². The van der Waals surface area contributed by atoms with E-state index in [0.717, 1.165) is 25.6 Å². The molecule has 2 aliphatic rings. The van der Waals surface area contributed by atoms with Gasteiger partial charge in [0.25, 0.3) is 0 Å². The van der Waals surface area contributed by atoms with Crippen LogP contribution >= 0.6 is 35.7 Å². The van der Waals surface area contributed by atoms with Crippen LogP contribution in [0.25, 0.3) is 0 Å². The largest absolute Gasteiger partial charge is 0.357 e. The van der Waals surface area contributed by atoms with Crippen molar-refractivity contribution in [1.29, 1.82) is 0 Å². The summed E-state index contributed by atoms with van der Waals surface area (Å²) in [4.78, 5) is 10.0. The molecule has 0 spiro atoms. The van der Waals surface area contributed by atoms with Crippen molar-refractivity contribution in [2.45, 2.75) is 45.3 Å². The average Bonchev–Trinajstić information content (AvgIpc) is 3.05. The Kier molecular flexibility index (Phi) is 11.8. The number of aliphatic imine (C=N–C) groups is 1. The SMILES string of the molecule is CCNC(=NCC1(C)CCCS1)NCC(C)CN1CCN(CC)CC1.I. The van der Waals surface area contributed by atoms with Gasteiger partial charge in [-0.1, -0.05) is 13.8 Å². The summed E-state index contributed by atoms with van der Waals surface area (Å²) in [6.45, 7) is 19.1. The molecule has 2 saturated heterocycles. The van der Waals surface area contributed by atoms with Gasteiger partial charge in [-0.2, -0.15) is 11.8 Å². The van der Waals surface area contributed by atoms with E-state index in [1.54, 1.807) is 0 Å². The summed E-state index contributed by atoms with van der Waals surface area (Å²) < 4.78 is 0.340. The second-order valence-corrected chi connectivity index (χ2v) is 9.50. The van der Waals surface area contributed by atoms with Crippen LogP contribution in [0.1, 0.15) is 40.5 Å². The molecule has 0 aromatic heterocycles. The van der Waals surface area contributed by atoms with E-state index < -0.39 is 0 Å². The number of nitrogens with zero attached hydrogens (tertiary/aromatic N) is 3. The Morgan fingerprint density at radius 2 is 1.85 bits per heavy atom. The maximum Gasteiger partial charge on any atom is 0.191 e. The maximum atomic E-state index is 4.86. The lowest BCUT2D eigenvalue weighted by atomic mass is 10.1. The summed E-state index contributed by atoms with van der Waals surface area (Å²) >= 11 is 2.08. The molecule has 2 unspecified atom stereocenters. The summed E-state index contributed by atoms with van der Waals surface area (Å²) in [5.41, 5.74) is 0. The molecule has 2 aliphatic heterocycles. The molecule has 0 aromatic rings. The molecule has 0 aromatic carbocycles. The normalized spacial score (nSPS) is 26.4. The lowest BCUT2D eigenvalue weighted by molar-refractivity contribution is 0.124.